The number of hydrogen-bond acceptors (Lipinski definition) is 9. The maximum absolute atomic E-state index is 13.3. The number of fused-ring (bicyclic) bond motifs is 2. The third kappa shape index (κ3) is 11.1. The van der Waals surface area contributed by atoms with Gasteiger partial charge in [0.1, 0.15) is 23.3 Å². The molecule has 2 aromatic carbocycles. The molecule has 0 unspecified atom stereocenters. The second-order valence-electron chi connectivity index (χ2n) is 16.2. The Labute approximate surface area is 367 Å². The molecule has 0 radical (unpaired) electrons. The number of benzene rings is 2. The van der Waals surface area contributed by atoms with Gasteiger partial charge in [-0.1, -0.05) is 24.3 Å². The Morgan fingerprint density at radius 1 is 0.738 bits per heavy atom. The molecule has 4 aliphatic rings. The number of pyridine rings is 2. The van der Waals surface area contributed by atoms with Gasteiger partial charge in [0, 0.05) is 78.9 Å². The molecule has 13 nitrogen and oxygen atoms in total. The zero-order valence-electron chi connectivity index (χ0n) is 35.1. The van der Waals surface area contributed by atoms with Crippen LogP contribution in [0, 0.1) is 11.6 Å². The van der Waals surface area contributed by atoms with E-state index in [0.717, 1.165) is 54.0 Å². The number of anilines is 2. The monoisotopic (exact) mass is 882 g/mol. The molecule has 0 aliphatic carbocycles. The largest absolute Gasteiger partial charge is 0.478 e. The number of carbonyl (C=O) groups excluding carboxylic acids is 3. The van der Waals surface area contributed by atoms with Crippen molar-refractivity contribution in [3.63, 3.8) is 0 Å². The molecule has 4 aliphatic heterocycles. The number of aromatic carboxylic acids is 1. The number of amides is 3. The first-order valence-corrected chi connectivity index (χ1v) is 19.7. The fourth-order valence-electron chi connectivity index (χ4n) is 8.02. The van der Waals surface area contributed by atoms with Crippen molar-refractivity contribution in [2.45, 2.75) is 76.5 Å². The SMILES string of the molecule is CC(=O)N(C)[C@H]1CCN(C(=O)c2cnc3c(c2)C[C@](C)(c2ccc(F)cc2)N3)C1.CC(=O)N(C)[C@H]1CCNC1.C[C@]1(c2ccc(F)cc2)Cc2cc(C(=O)O)cnc2N1.Cl.Cl. The van der Waals surface area contributed by atoms with Gasteiger partial charge in [0.25, 0.3) is 5.91 Å². The summed E-state index contributed by atoms with van der Waals surface area (Å²) in [5.41, 5.74) is 3.67. The molecule has 2 fully saturated rings. The van der Waals surface area contributed by atoms with Gasteiger partial charge in [0.05, 0.1) is 28.2 Å². The molecule has 0 spiro atoms. The molecule has 8 rings (SSSR count). The standard InChI is InChI=1S/C22H25FN4O2.C15H13FN2O2.C7H14N2O.2ClH/c1-14(28)26(3)19-8-9-27(13-19)21(29)16-10-15-11-22(2,25-20(15)24-12-16)17-4-6-18(23)7-5-17;1-15(11-2-4-12(16)5-3-11)7-9-6-10(14(19)20)8-17-13(9)18-15;1-6(10)9(2)7-3-4-8-5-7;;/h4-7,10,12,19H,8-9,11,13H2,1-3H3,(H,24,25);2-6,8H,7H2,1H3,(H,17,18)(H,19,20);7-8H,3-5H2,1-2H3;2*1H/t19-,22+;15-;7-;;/m010../s1. The Morgan fingerprint density at radius 2 is 1.20 bits per heavy atom. The van der Waals surface area contributed by atoms with Crippen LogP contribution in [0.25, 0.3) is 0 Å². The molecule has 3 amide bonds. The van der Waals surface area contributed by atoms with Gasteiger partial charge in [-0.2, -0.15) is 0 Å². The van der Waals surface area contributed by atoms with E-state index in [4.69, 9.17) is 5.11 Å². The molecule has 61 heavy (non-hydrogen) atoms. The average molecular weight is 884 g/mol. The van der Waals surface area contributed by atoms with E-state index in [1.807, 2.05) is 27.0 Å². The van der Waals surface area contributed by atoms with E-state index in [9.17, 15) is 28.0 Å². The van der Waals surface area contributed by atoms with Crippen molar-refractivity contribution in [2.24, 2.45) is 0 Å². The molecular weight excluding hydrogens is 829 g/mol. The summed E-state index contributed by atoms with van der Waals surface area (Å²) in [4.78, 5) is 60.3. The molecular formula is C44H54Cl2F2N8O5. The second kappa shape index (κ2) is 20.0. The van der Waals surface area contributed by atoms with E-state index < -0.39 is 17.0 Å². The number of nitrogens with zero attached hydrogens (tertiary/aromatic N) is 5. The molecule has 0 bridgehead atoms. The topological polar surface area (TPSA) is 160 Å². The fraction of sp³-hybridized carbons (Fsp3) is 0.409. The quantitative estimate of drug-likeness (QED) is 0.174. The van der Waals surface area contributed by atoms with E-state index in [-0.39, 0.29) is 65.8 Å². The summed E-state index contributed by atoms with van der Waals surface area (Å²) in [5, 5.41) is 18.9. The zero-order chi connectivity index (χ0) is 42.6. The van der Waals surface area contributed by atoms with Gasteiger partial charge in [-0.3, -0.25) is 14.4 Å². The molecule has 328 valence electrons. The van der Waals surface area contributed by atoms with E-state index >= 15 is 0 Å². The van der Waals surface area contributed by atoms with Gasteiger partial charge in [0.2, 0.25) is 11.8 Å². The van der Waals surface area contributed by atoms with Gasteiger partial charge >= 0.3 is 5.97 Å². The Kier molecular flexibility index (Phi) is 15.8. The predicted molar refractivity (Wildman–Crippen MR) is 235 cm³/mol. The molecule has 17 heteroatoms. The van der Waals surface area contributed by atoms with Crippen LogP contribution in [-0.2, 0) is 33.5 Å². The van der Waals surface area contributed by atoms with Crippen LogP contribution in [0.15, 0.2) is 73.1 Å². The fourth-order valence-corrected chi connectivity index (χ4v) is 8.02. The lowest BCUT2D eigenvalue weighted by Gasteiger charge is -2.25. The Morgan fingerprint density at radius 3 is 1.64 bits per heavy atom. The lowest BCUT2D eigenvalue weighted by Crippen LogP contribution is -2.38. The molecule has 4 atom stereocenters. The molecule has 2 saturated heterocycles. The van der Waals surface area contributed by atoms with Crippen LogP contribution >= 0.6 is 24.8 Å². The van der Waals surface area contributed by atoms with Gasteiger partial charge in [0.15, 0.2) is 0 Å². The first-order chi connectivity index (χ1) is 28.0. The first-order valence-electron chi connectivity index (χ1n) is 19.7. The van der Waals surface area contributed by atoms with Gasteiger partial charge in [-0.15, -0.1) is 24.8 Å². The Hall–Kier alpha value is -5.38. The van der Waals surface area contributed by atoms with Crippen molar-refractivity contribution in [1.29, 1.82) is 0 Å². The summed E-state index contributed by atoms with van der Waals surface area (Å²) in [6.45, 7) is 10.4. The van der Waals surface area contributed by atoms with Gasteiger partial charge in [-0.25, -0.2) is 23.5 Å². The third-order valence-corrected chi connectivity index (χ3v) is 11.8. The van der Waals surface area contributed by atoms with Crippen molar-refractivity contribution < 1.29 is 33.1 Å². The smallest absolute Gasteiger partial charge is 0.337 e. The van der Waals surface area contributed by atoms with Crippen molar-refractivity contribution in [1.82, 2.24) is 30.0 Å². The highest BCUT2D eigenvalue weighted by Crippen LogP contribution is 2.39. The number of aromatic nitrogens is 2. The minimum absolute atomic E-state index is 0. The van der Waals surface area contributed by atoms with Crippen LogP contribution < -0.4 is 16.0 Å². The Balaban J connectivity index is 0.000000222. The normalized spacial score (nSPS) is 21.6. The highest BCUT2D eigenvalue weighted by atomic mass is 35.5. The summed E-state index contributed by atoms with van der Waals surface area (Å²) in [5.74, 6) is 0.0114. The number of halogens is 4. The van der Waals surface area contributed by atoms with Crippen LogP contribution in [0.1, 0.15) is 83.5 Å². The minimum atomic E-state index is -0.990. The number of carbonyl (C=O) groups is 4. The average Bonchev–Trinajstić information content (AvgIpc) is 4.03. The summed E-state index contributed by atoms with van der Waals surface area (Å²) in [7, 11) is 3.64. The van der Waals surface area contributed by atoms with E-state index in [0.29, 0.717) is 43.4 Å². The summed E-state index contributed by atoms with van der Waals surface area (Å²) in [6, 6.07) is 16.8. The van der Waals surface area contributed by atoms with E-state index in [1.54, 1.807) is 72.1 Å². The molecule has 4 aromatic rings. The van der Waals surface area contributed by atoms with E-state index in [1.165, 1.54) is 30.5 Å². The highest BCUT2D eigenvalue weighted by Gasteiger charge is 2.37. The van der Waals surface area contributed by atoms with Crippen molar-refractivity contribution in [2.75, 3.05) is 50.9 Å². The number of likely N-dealkylation sites (N-methyl/N-ethyl adjacent to an activating group) is 2. The van der Waals surface area contributed by atoms with Crippen LogP contribution in [0.2, 0.25) is 0 Å². The summed E-state index contributed by atoms with van der Waals surface area (Å²) >= 11 is 0. The van der Waals surface area contributed by atoms with Gasteiger partial charge < -0.3 is 35.8 Å². The van der Waals surface area contributed by atoms with Crippen molar-refractivity contribution in [3.05, 3.63) is 118 Å². The highest BCUT2D eigenvalue weighted by molar-refractivity contribution is 5.95. The van der Waals surface area contributed by atoms with Crippen LogP contribution in [0.3, 0.4) is 0 Å². The minimum Gasteiger partial charge on any atom is -0.478 e. The lowest BCUT2D eigenvalue weighted by atomic mass is 9.89. The van der Waals surface area contributed by atoms with Gasteiger partial charge in [-0.05, 0) is 91.9 Å². The number of likely N-dealkylation sites (tertiary alicyclic amines) is 1. The lowest BCUT2D eigenvalue weighted by molar-refractivity contribution is -0.130. The van der Waals surface area contributed by atoms with E-state index in [2.05, 4.69) is 25.9 Å². The zero-order valence-corrected chi connectivity index (χ0v) is 36.8. The maximum Gasteiger partial charge on any atom is 0.337 e. The molecule has 2 aromatic heterocycles. The number of rotatable bonds is 6. The van der Waals surface area contributed by atoms with Crippen molar-refractivity contribution >= 4 is 60.1 Å². The molecule has 4 N–H and O–H groups in total. The third-order valence-electron chi connectivity index (χ3n) is 11.8. The second-order valence-corrected chi connectivity index (χ2v) is 16.2. The van der Waals surface area contributed by atoms with Crippen molar-refractivity contribution in [3.8, 4) is 0 Å². The molecule has 0 saturated carbocycles. The first kappa shape index (κ1) is 48.3. The van der Waals surface area contributed by atoms with Crippen LogP contribution in [0.4, 0.5) is 20.4 Å². The number of carboxylic acids is 1. The Bertz CT molecular complexity index is 2210. The van der Waals surface area contributed by atoms with Crippen LogP contribution in [0.5, 0.6) is 0 Å². The predicted octanol–water partition coefficient (Wildman–Crippen LogP) is 6.27. The summed E-state index contributed by atoms with van der Waals surface area (Å²) in [6.07, 6.45) is 6.09. The number of carboxylic acid groups (broad SMARTS) is 1. The van der Waals surface area contributed by atoms with Crippen LogP contribution in [-0.4, -0.2) is 106 Å². The number of nitrogens with one attached hydrogen (secondary N) is 3. The number of hydrogen-bond donors (Lipinski definition) is 4. The summed E-state index contributed by atoms with van der Waals surface area (Å²) < 4.78 is 26.3. The maximum atomic E-state index is 13.3. The molecule has 6 heterocycles.